The van der Waals surface area contributed by atoms with E-state index in [2.05, 4.69) is 30.6 Å². The van der Waals surface area contributed by atoms with E-state index >= 15 is 0 Å². The molecule has 14 heteroatoms. The average Bonchev–Trinajstić information content (AvgIpc) is 3.90. The van der Waals surface area contributed by atoms with Gasteiger partial charge in [-0.3, -0.25) is 19.4 Å². The van der Waals surface area contributed by atoms with E-state index in [4.69, 9.17) is 10.1 Å². The largest absolute Gasteiger partial charge is 0.360 e. The van der Waals surface area contributed by atoms with E-state index in [0.29, 0.717) is 47.0 Å². The van der Waals surface area contributed by atoms with Crippen LogP contribution in [-0.4, -0.2) is 70.9 Å². The number of hydrogen-bond acceptors (Lipinski definition) is 10. The fourth-order valence-electron chi connectivity index (χ4n) is 5.24. The number of hydrogen-bond donors (Lipinski definition) is 2. The van der Waals surface area contributed by atoms with Gasteiger partial charge < -0.3 is 10.6 Å². The molecule has 4 aromatic rings. The minimum absolute atomic E-state index is 0.00479. The summed E-state index contributed by atoms with van der Waals surface area (Å²) in [5, 5.41) is 10.9. The molecule has 3 fully saturated rings. The number of likely N-dealkylation sites (N-methyl/N-ethyl adjacent to an activating group) is 1. The lowest BCUT2D eigenvalue weighted by molar-refractivity contribution is -0.124. The Kier molecular flexibility index (Phi) is 6.06. The number of carbonyl (C=O) groups is 3. The van der Waals surface area contributed by atoms with Crippen LogP contribution >= 0.6 is 0 Å². The van der Waals surface area contributed by atoms with Crippen LogP contribution in [0.1, 0.15) is 67.0 Å². The second kappa shape index (κ2) is 9.82. The van der Waals surface area contributed by atoms with Crippen LogP contribution in [0.2, 0.25) is 0 Å². The number of anilines is 3. The van der Waals surface area contributed by atoms with E-state index in [1.54, 1.807) is 16.8 Å². The molecule has 3 atom stereocenters. The van der Waals surface area contributed by atoms with Crippen molar-refractivity contribution in [3.05, 3.63) is 59.8 Å². The van der Waals surface area contributed by atoms with E-state index < -0.39 is 0 Å². The number of aromatic nitrogens is 7. The zero-order chi connectivity index (χ0) is 29.1. The lowest BCUT2D eigenvalue weighted by Crippen LogP contribution is -2.30. The molecule has 0 radical (unpaired) electrons. The van der Waals surface area contributed by atoms with Crippen LogP contribution in [0.5, 0.6) is 0 Å². The van der Waals surface area contributed by atoms with Gasteiger partial charge in [0.2, 0.25) is 11.8 Å². The second-order valence-corrected chi connectivity index (χ2v) is 11.1. The molecule has 0 aromatic carbocycles. The molecule has 42 heavy (non-hydrogen) atoms. The molecule has 2 N–H and O–H groups in total. The number of carbonyl (C=O) groups excluding carboxylic acids is 3. The summed E-state index contributed by atoms with van der Waals surface area (Å²) >= 11 is 0. The summed E-state index contributed by atoms with van der Waals surface area (Å²) in [5.41, 5.74) is 2.99. The Morgan fingerprint density at radius 2 is 1.90 bits per heavy atom. The summed E-state index contributed by atoms with van der Waals surface area (Å²) in [6.45, 7) is 3.76. The molecule has 2 unspecified atom stereocenters. The first-order valence-corrected chi connectivity index (χ1v) is 13.9. The van der Waals surface area contributed by atoms with E-state index in [-0.39, 0.29) is 42.3 Å². The van der Waals surface area contributed by atoms with E-state index in [1.807, 2.05) is 32.2 Å². The Hall–Kier alpha value is -5.01. The molecule has 4 amide bonds. The van der Waals surface area contributed by atoms with Gasteiger partial charge in [0.15, 0.2) is 11.5 Å². The highest BCUT2D eigenvalue weighted by Gasteiger charge is 2.46. The van der Waals surface area contributed by atoms with E-state index in [9.17, 15) is 14.4 Å². The highest BCUT2D eigenvalue weighted by atomic mass is 16.2. The average molecular weight is 568 g/mol. The molecule has 7 rings (SSSR count). The molecule has 3 aliphatic rings. The predicted molar refractivity (Wildman–Crippen MR) is 151 cm³/mol. The van der Waals surface area contributed by atoms with Crippen LogP contribution in [0.25, 0.3) is 5.65 Å². The van der Waals surface area contributed by atoms with Crippen LogP contribution in [0, 0.1) is 12.8 Å². The lowest BCUT2D eigenvalue weighted by Gasteiger charge is -2.16. The number of aryl methyl sites for hydroxylation is 1. The number of pyridine rings is 1. The van der Waals surface area contributed by atoms with Crippen molar-refractivity contribution in [2.75, 3.05) is 29.1 Å². The molecule has 2 aliphatic carbocycles. The fourth-order valence-corrected chi connectivity index (χ4v) is 5.24. The summed E-state index contributed by atoms with van der Waals surface area (Å²) in [7, 11) is 1.48. The standard InChI is InChI=1S/C28H29N11O3/c1-14-6-7-29-25(32-14)18-9-19(18)27(41)34-22-10-21(30-13-31-22)33-15(2)24-35-26-20(38-12-23(40)37(3)28(38)42)8-17(16-4-5-16)11-39(26)36-24/h6-8,10-11,13,15-16,18-19H,4-5,9,12H2,1-3H3,(H2,30,31,33,34,41)/t15-,18?,19?/m1/s1. The van der Waals surface area contributed by atoms with Crippen LogP contribution < -0.4 is 15.5 Å². The Bertz CT molecular complexity index is 1750. The molecule has 0 spiro atoms. The third kappa shape index (κ3) is 4.78. The lowest BCUT2D eigenvalue weighted by atomic mass is 10.1. The maximum Gasteiger partial charge on any atom is 0.331 e. The molecule has 214 valence electrons. The monoisotopic (exact) mass is 567 g/mol. The van der Waals surface area contributed by atoms with Gasteiger partial charge in [-0.25, -0.2) is 34.2 Å². The maximum atomic E-state index is 12.9. The number of nitrogens with zero attached hydrogens (tertiary/aromatic N) is 9. The van der Waals surface area contributed by atoms with E-state index in [1.165, 1.54) is 18.3 Å². The normalized spacial score (nSPS) is 20.7. The second-order valence-electron chi connectivity index (χ2n) is 11.1. The van der Waals surface area contributed by atoms with Crippen molar-refractivity contribution in [1.82, 2.24) is 39.4 Å². The van der Waals surface area contributed by atoms with Gasteiger partial charge in [-0.1, -0.05) is 0 Å². The molecule has 0 bridgehead atoms. The third-order valence-electron chi connectivity index (χ3n) is 7.92. The molecular formula is C28H29N11O3. The molecule has 14 nitrogen and oxygen atoms in total. The SMILES string of the molecule is Cc1ccnc(C2CC2C(=O)Nc2cc(N[C@H](C)c3nc4c(N5CC(=O)N(C)C5=O)cc(C5CC5)cn4n3)ncn2)n1. The van der Waals surface area contributed by atoms with Gasteiger partial charge in [0.25, 0.3) is 0 Å². The Labute approximate surface area is 240 Å². The zero-order valence-electron chi connectivity index (χ0n) is 23.4. The van der Waals surface area contributed by atoms with Crippen LogP contribution in [0.4, 0.5) is 22.1 Å². The number of nitrogens with one attached hydrogen (secondary N) is 2. The minimum Gasteiger partial charge on any atom is -0.360 e. The maximum absolute atomic E-state index is 12.9. The van der Waals surface area contributed by atoms with Crippen LogP contribution in [0.15, 0.2) is 36.9 Å². The number of imide groups is 1. The summed E-state index contributed by atoms with van der Waals surface area (Å²) in [6.07, 6.45) is 7.87. The number of urea groups is 1. The van der Waals surface area contributed by atoms with Crippen LogP contribution in [0.3, 0.4) is 0 Å². The quantitative estimate of drug-likeness (QED) is 0.303. The fraction of sp³-hybridized carbons (Fsp3) is 0.393. The predicted octanol–water partition coefficient (Wildman–Crippen LogP) is 2.81. The molecule has 1 saturated heterocycles. The van der Waals surface area contributed by atoms with Gasteiger partial charge in [0, 0.05) is 43.0 Å². The van der Waals surface area contributed by atoms with Crippen molar-refractivity contribution in [3.8, 4) is 0 Å². The topological polar surface area (TPSA) is 164 Å². The van der Waals surface area contributed by atoms with E-state index in [0.717, 1.165) is 29.0 Å². The third-order valence-corrected chi connectivity index (χ3v) is 7.92. The summed E-state index contributed by atoms with van der Waals surface area (Å²) < 4.78 is 1.68. The summed E-state index contributed by atoms with van der Waals surface area (Å²) in [6, 6.07) is 4.68. The van der Waals surface area contributed by atoms with Crippen molar-refractivity contribution in [3.63, 3.8) is 0 Å². The molecule has 4 aromatic heterocycles. The molecule has 5 heterocycles. The number of amides is 4. The zero-order valence-corrected chi connectivity index (χ0v) is 23.4. The molecular weight excluding hydrogens is 538 g/mol. The molecule has 2 saturated carbocycles. The van der Waals surface area contributed by atoms with Gasteiger partial charge in [-0.2, -0.15) is 0 Å². The Balaban J connectivity index is 1.08. The Morgan fingerprint density at radius 3 is 2.64 bits per heavy atom. The Morgan fingerprint density at radius 1 is 1.10 bits per heavy atom. The van der Waals surface area contributed by atoms with Crippen LogP contribution in [-0.2, 0) is 9.59 Å². The number of rotatable bonds is 8. The smallest absolute Gasteiger partial charge is 0.331 e. The van der Waals surface area contributed by atoms with Crippen molar-refractivity contribution in [1.29, 1.82) is 0 Å². The molecule has 1 aliphatic heterocycles. The van der Waals surface area contributed by atoms with Gasteiger partial charge in [0.1, 0.15) is 30.3 Å². The van der Waals surface area contributed by atoms with Gasteiger partial charge >= 0.3 is 6.03 Å². The summed E-state index contributed by atoms with van der Waals surface area (Å²) in [4.78, 5) is 62.5. The van der Waals surface area contributed by atoms with Crippen molar-refractivity contribution in [2.24, 2.45) is 5.92 Å². The van der Waals surface area contributed by atoms with Gasteiger partial charge in [0.05, 0.1) is 11.7 Å². The van der Waals surface area contributed by atoms with Crippen molar-refractivity contribution >= 4 is 40.8 Å². The number of fused-ring (bicyclic) bond motifs is 1. The van der Waals surface area contributed by atoms with Gasteiger partial charge in [-0.05, 0) is 56.7 Å². The first-order valence-electron chi connectivity index (χ1n) is 13.9. The summed E-state index contributed by atoms with van der Waals surface area (Å²) in [5.74, 6) is 1.85. The highest BCUT2D eigenvalue weighted by molar-refractivity contribution is 6.13. The minimum atomic E-state index is -0.384. The first kappa shape index (κ1) is 25.9. The van der Waals surface area contributed by atoms with Gasteiger partial charge in [-0.15, -0.1) is 5.10 Å². The first-order chi connectivity index (χ1) is 20.2. The highest BCUT2D eigenvalue weighted by Crippen LogP contribution is 2.46. The van der Waals surface area contributed by atoms with Crippen molar-refractivity contribution in [2.45, 2.75) is 51.0 Å². The van der Waals surface area contributed by atoms with Crippen molar-refractivity contribution < 1.29 is 14.4 Å².